The maximum absolute atomic E-state index is 13.3. The van der Waals surface area contributed by atoms with Crippen LogP contribution in [0.15, 0.2) is 42.5 Å². The number of likely N-dealkylation sites (N-methyl/N-ethyl adjacent to an activating group) is 1. The Labute approximate surface area is 215 Å². The molecule has 0 spiro atoms. The number of pyridine rings is 1. The van der Waals surface area contributed by atoms with Crippen molar-refractivity contribution in [1.29, 1.82) is 0 Å². The van der Waals surface area contributed by atoms with Crippen LogP contribution in [0.2, 0.25) is 0 Å². The van der Waals surface area contributed by atoms with Gasteiger partial charge in [-0.1, -0.05) is 0 Å². The first-order valence-electron chi connectivity index (χ1n) is 12.2. The van der Waals surface area contributed by atoms with E-state index < -0.39 is 17.8 Å². The van der Waals surface area contributed by atoms with Gasteiger partial charge in [-0.25, -0.2) is 0 Å². The van der Waals surface area contributed by atoms with Crippen molar-refractivity contribution in [3.63, 3.8) is 0 Å². The van der Waals surface area contributed by atoms with Gasteiger partial charge in [-0.05, 0) is 76.0 Å². The highest BCUT2D eigenvalue weighted by Crippen LogP contribution is 2.35. The van der Waals surface area contributed by atoms with E-state index in [1.165, 1.54) is 0 Å². The Hall–Kier alpha value is -3.53. The van der Waals surface area contributed by atoms with Crippen molar-refractivity contribution in [2.24, 2.45) is 0 Å². The van der Waals surface area contributed by atoms with Crippen molar-refractivity contribution in [3.8, 4) is 0 Å². The minimum absolute atomic E-state index is 0.0692. The number of nitrogens with zero attached hydrogens (tertiary/aromatic N) is 4. The second-order valence-corrected chi connectivity index (χ2v) is 9.87. The molecule has 4 rings (SSSR count). The summed E-state index contributed by atoms with van der Waals surface area (Å²) in [5, 5.41) is 4.26. The molecule has 198 valence electrons. The van der Waals surface area contributed by atoms with Gasteiger partial charge >= 0.3 is 6.18 Å². The number of carbonyl (C=O) groups is 1. The van der Waals surface area contributed by atoms with E-state index in [-0.39, 0.29) is 11.6 Å². The number of hydrogen-bond acceptors (Lipinski definition) is 6. The van der Waals surface area contributed by atoms with Gasteiger partial charge in [0.15, 0.2) is 0 Å². The van der Waals surface area contributed by atoms with Crippen LogP contribution >= 0.6 is 0 Å². The van der Waals surface area contributed by atoms with Crippen molar-refractivity contribution in [2.45, 2.75) is 26.1 Å². The van der Waals surface area contributed by atoms with Crippen LogP contribution in [0.5, 0.6) is 0 Å². The van der Waals surface area contributed by atoms with Crippen LogP contribution in [0, 0.1) is 6.92 Å². The number of hydrogen-bond donors (Lipinski definition) is 2. The first kappa shape index (κ1) is 26.5. The number of nitrogens with two attached hydrogens (primary N) is 1. The molecule has 2 aromatic carbocycles. The summed E-state index contributed by atoms with van der Waals surface area (Å²) in [7, 11) is 3.76. The van der Waals surface area contributed by atoms with Crippen LogP contribution in [-0.4, -0.2) is 67.5 Å². The van der Waals surface area contributed by atoms with Gasteiger partial charge in [-0.2, -0.15) is 13.2 Å². The van der Waals surface area contributed by atoms with E-state index in [0.717, 1.165) is 40.1 Å². The summed E-state index contributed by atoms with van der Waals surface area (Å²) < 4.78 is 40.0. The lowest BCUT2D eigenvalue weighted by Gasteiger charge is -2.36. The lowest BCUT2D eigenvalue weighted by Crippen LogP contribution is -2.50. The number of nitrogen functional groups attached to an aromatic ring is 1. The van der Waals surface area contributed by atoms with Gasteiger partial charge in [0, 0.05) is 60.4 Å². The summed E-state index contributed by atoms with van der Waals surface area (Å²) in [6, 6.07) is 11.1. The standard InChI is InChI=1S/C27H33F3N6O/c1-17-11-25(33-18(2)19-12-20(27(28,29)30)14-21(31)13-19)23-15-22(5-6-24(23)32-17)35-7-9-36(10-8-35)26(37)16-34(3)4/h5-6,11-15,18H,7-10,16,31H2,1-4H3,(H,32,33)/t18-/m1/s1. The molecule has 1 saturated heterocycles. The summed E-state index contributed by atoms with van der Waals surface area (Å²) in [6.45, 7) is 6.82. The minimum atomic E-state index is -4.47. The van der Waals surface area contributed by atoms with Gasteiger partial charge < -0.3 is 25.8 Å². The van der Waals surface area contributed by atoms with Gasteiger partial charge in [-0.3, -0.25) is 9.78 Å². The summed E-state index contributed by atoms with van der Waals surface area (Å²) in [6.07, 6.45) is -4.47. The molecule has 37 heavy (non-hydrogen) atoms. The molecule has 3 aromatic rings. The number of halogens is 3. The number of alkyl halides is 3. The molecule has 0 unspecified atom stereocenters. The van der Waals surface area contributed by atoms with Crippen LogP contribution in [0.4, 0.5) is 30.2 Å². The van der Waals surface area contributed by atoms with Crippen LogP contribution < -0.4 is 16.0 Å². The predicted octanol–water partition coefficient (Wildman–Crippen LogP) is 4.53. The number of fused-ring (bicyclic) bond motifs is 1. The summed E-state index contributed by atoms with van der Waals surface area (Å²) in [4.78, 5) is 23.0. The molecule has 0 radical (unpaired) electrons. The Morgan fingerprint density at radius 2 is 1.81 bits per heavy atom. The van der Waals surface area contributed by atoms with Crippen LogP contribution in [0.25, 0.3) is 10.9 Å². The van der Waals surface area contributed by atoms with Gasteiger partial charge in [0.05, 0.1) is 17.6 Å². The molecule has 0 saturated carbocycles. The lowest BCUT2D eigenvalue weighted by molar-refractivity contribution is -0.137. The van der Waals surface area contributed by atoms with E-state index >= 15 is 0 Å². The van der Waals surface area contributed by atoms with Gasteiger partial charge in [0.1, 0.15) is 0 Å². The van der Waals surface area contributed by atoms with Crippen LogP contribution in [-0.2, 0) is 11.0 Å². The molecule has 0 bridgehead atoms. The molecule has 0 aliphatic carbocycles. The SMILES string of the molecule is Cc1cc(N[C@H](C)c2cc(N)cc(C(F)(F)F)c2)c2cc(N3CCN(C(=O)CN(C)C)CC3)ccc2n1. The van der Waals surface area contributed by atoms with Gasteiger partial charge in [0.2, 0.25) is 5.91 Å². The molecule has 3 N–H and O–H groups in total. The maximum Gasteiger partial charge on any atom is 0.416 e. The van der Waals surface area contributed by atoms with E-state index in [1.54, 1.807) is 6.07 Å². The fourth-order valence-electron chi connectivity index (χ4n) is 4.65. The quantitative estimate of drug-likeness (QED) is 0.471. The Kier molecular flexibility index (Phi) is 7.49. The van der Waals surface area contributed by atoms with Crippen molar-refractivity contribution < 1.29 is 18.0 Å². The highest BCUT2D eigenvalue weighted by atomic mass is 19.4. The molecule has 1 amide bonds. The minimum Gasteiger partial charge on any atom is -0.399 e. The topological polar surface area (TPSA) is 77.7 Å². The summed E-state index contributed by atoms with van der Waals surface area (Å²) >= 11 is 0. The Morgan fingerprint density at radius 1 is 1.11 bits per heavy atom. The van der Waals surface area contributed by atoms with E-state index in [1.807, 2.05) is 55.9 Å². The van der Waals surface area contributed by atoms with Crippen molar-refractivity contribution in [1.82, 2.24) is 14.8 Å². The predicted molar refractivity (Wildman–Crippen MR) is 142 cm³/mol. The van der Waals surface area contributed by atoms with E-state index in [4.69, 9.17) is 5.73 Å². The smallest absolute Gasteiger partial charge is 0.399 e. The average Bonchev–Trinajstić information content (AvgIpc) is 2.82. The number of piperazine rings is 1. The van der Waals surface area contributed by atoms with E-state index in [9.17, 15) is 18.0 Å². The van der Waals surface area contributed by atoms with E-state index in [2.05, 4.69) is 21.3 Å². The van der Waals surface area contributed by atoms with Gasteiger partial charge in [-0.15, -0.1) is 0 Å². The molecule has 1 aliphatic rings. The number of nitrogens with one attached hydrogen (secondary N) is 1. The Bertz CT molecular complexity index is 1290. The zero-order valence-electron chi connectivity index (χ0n) is 21.6. The molecule has 7 nitrogen and oxygen atoms in total. The number of carbonyl (C=O) groups excluding carboxylic acids is 1. The third-order valence-electron chi connectivity index (χ3n) is 6.55. The zero-order chi connectivity index (χ0) is 26.9. The maximum atomic E-state index is 13.3. The number of aryl methyl sites for hydroxylation is 1. The zero-order valence-corrected chi connectivity index (χ0v) is 21.6. The highest BCUT2D eigenvalue weighted by Gasteiger charge is 2.31. The molecule has 1 fully saturated rings. The molecule has 1 atom stereocenters. The summed E-state index contributed by atoms with van der Waals surface area (Å²) in [5.41, 5.74) is 8.92. The first-order chi connectivity index (χ1) is 17.4. The van der Waals surface area contributed by atoms with Crippen molar-refractivity contribution in [3.05, 3.63) is 59.3 Å². The Morgan fingerprint density at radius 3 is 2.46 bits per heavy atom. The monoisotopic (exact) mass is 514 g/mol. The van der Waals surface area contributed by atoms with Crippen LogP contribution in [0.1, 0.15) is 29.8 Å². The number of rotatable bonds is 6. The average molecular weight is 515 g/mol. The number of benzene rings is 2. The first-order valence-corrected chi connectivity index (χ1v) is 12.2. The van der Waals surface area contributed by atoms with Crippen LogP contribution in [0.3, 0.4) is 0 Å². The lowest BCUT2D eigenvalue weighted by atomic mass is 10.0. The fraction of sp³-hybridized carbons (Fsp3) is 0.407. The second-order valence-electron chi connectivity index (χ2n) is 9.87. The second kappa shape index (κ2) is 10.5. The molecule has 2 heterocycles. The molecule has 1 aromatic heterocycles. The molecular weight excluding hydrogens is 481 g/mol. The summed E-state index contributed by atoms with van der Waals surface area (Å²) in [5.74, 6) is 0.124. The largest absolute Gasteiger partial charge is 0.416 e. The normalized spacial score (nSPS) is 15.4. The van der Waals surface area contributed by atoms with E-state index in [0.29, 0.717) is 38.3 Å². The van der Waals surface area contributed by atoms with Gasteiger partial charge in [0.25, 0.3) is 0 Å². The fourth-order valence-corrected chi connectivity index (χ4v) is 4.65. The Balaban J connectivity index is 1.58. The number of aromatic nitrogens is 1. The highest BCUT2D eigenvalue weighted by molar-refractivity contribution is 5.94. The third kappa shape index (κ3) is 6.25. The third-order valence-corrected chi connectivity index (χ3v) is 6.55. The number of amides is 1. The number of anilines is 3. The molecule has 1 aliphatic heterocycles. The van der Waals surface area contributed by atoms with Crippen molar-refractivity contribution in [2.75, 3.05) is 62.8 Å². The molecule has 10 heteroatoms. The molecular formula is C27H33F3N6O. The van der Waals surface area contributed by atoms with Crippen molar-refractivity contribution >= 4 is 33.9 Å².